The van der Waals surface area contributed by atoms with E-state index in [0.717, 1.165) is 4.90 Å². The van der Waals surface area contributed by atoms with Gasteiger partial charge in [-0.25, -0.2) is 0 Å². The minimum atomic E-state index is 0.0396. The number of rotatable bonds is 6. The number of ether oxygens (including phenoxy) is 2. The molecule has 0 atom stereocenters. The molecule has 0 aliphatic heterocycles. The summed E-state index contributed by atoms with van der Waals surface area (Å²) < 4.78 is 10.5. The van der Waals surface area contributed by atoms with Crippen LogP contribution in [-0.2, 0) is 0 Å². The van der Waals surface area contributed by atoms with E-state index in [1.165, 1.54) is 11.8 Å². The standard InChI is InChI=1S/C12H17NO3S/c1-13-7-9(14)8-5-6-10(15-2)11(16-3)12(8)17-4/h5-6,13H,7H2,1-4H3. The van der Waals surface area contributed by atoms with Crippen LogP contribution in [0.3, 0.4) is 0 Å². The number of hydrogen-bond donors (Lipinski definition) is 1. The molecule has 1 rings (SSSR count). The van der Waals surface area contributed by atoms with E-state index in [1.807, 2.05) is 6.26 Å². The summed E-state index contributed by atoms with van der Waals surface area (Å²) in [5, 5.41) is 2.85. The molecule has 5 heteroatoms. The molecule has 0 aromatic heterocycles. The molecule has 0 spiro atoms. The van der Waals surface area contributed by atoms with Crippen molar-refractivity contribution in [3.63, 3.8) is 0 Å². The lowest BCUT2D eigenvalue weighted by molar-refractivity contribution is 0.0990. The lowest BCUT2D eigenvalue weighted by Crippen LogP contribution is -2.19. The summed E-state index contributed by atoms with van der Waals surface area (Å²) in [5.74, 6) is 1.29. The Morgan fingerprint density at radius 3 is 2.53 bits per heavy atom. The van der Waals surface area contributed by atoms with Crippen molar-refractivity contribution in [2.45, 2.75) is 4.90 Å². The molecule has 0 bridgehead atoms. The van der Waals surface area contributed by atoms with Crippen LogP contribution in [0.25, 0.3) is 0 Å². The van der Waals surface area contributed by atoms with Crippen molar-refractivity contribution >= 4 is 17.5 Å². The molecule has 0 saturated heterocycles. The zero-order valence-electron chi connectivity index (χ0n) is 10.5. The Bertz CT molecular complexity index is 407. The number of carbonyl (C=O) groups excluding carboxylic acids is 1. The lowest BCUT2D eigenvalue weighted by atomic mass is 10.1. The average molecular weight is 255 g/mol. The molecule has 0 fully saturated rings. The molecule has 94 valence electrons. The summed E-state index contributed by atoms with van der Waals surface area (Å²) in [6, 6.07) is 3.52. The van der Waals surface area contributed by atoms with Gasteiger partial charge in [-0.2, -0.15) is 0 Å². The highest BCUT2D eigenvalue weighted by Gasteiger charge is 2.18. The second kappa shape index (κ2) is 6.51. The van der Waals surface area contributed by atoms with Gasteiger partial charge in [0.15, 0.2) is 17.3 Å². The summed E-state index contributed by atoms with van der Waals surface area (Å²) in [6.45, 7) is 0.309. The number of likely N-dealkylation sites (N-methyl/N-ethyl adjacent to an activating group) is 1. The first-order valence-corrected chi connectivity index (χ1v) is 6.38. The van der Waals surface area contributed by atoms with Gasteiger partial charge in [-0.3, -0.25) is 4.79 Å². The molecule has 0 heterocycles. The van der Waals surface area contributed by atoms with E-state index >= 15 is 0 Å². The predicted octanol–water partition coefficient (Wildman–Crippen LogP) is 1.83. The van der Waals surface area contributed by atoms with Gasteiger partial charge in [0, 0.05) is 5.56 Å². The second-order valence-corrected chi connectivity index (χ2v) is 4.15. The summed E-state index contributed by atoms with van der Waals surface area (Å²) in [7, 11) is 4.90. The first-order chi connectivity index (χ1) is 8.19. The maximum atomic E-state index is 11.9. The third kappa shape index (κ3) is 2.92. The zero-order chi connectivity index (χ0) is 12.8. The fourth-order valence-electron chi connectivity index (χ4n) is 1.58. The molecule has 1 N–H and O–H groups in total. The van der Waals surface area contributed by atoms with Gasteiger partial charge in [0.2, 0.25) is 0 Å². The fraction of sp³-hybridized carbons (Fsp3) is 0.417. The van der Waals surface area contributed by atoms with Crippen molar-refractivity contribution in [1.82, 2.24) is 5.32 Å². The molecular formula is C12H17NO3S. The fourth-order valence-corrected chi connectivity index (χ4v) is 2.35. The van der Waals surface area contributed by atoms with Crippen molar-refractivity contribution in [2.75, 3.05) is 34.1 Å². The molecule has 0 radical (unpaired) electrons. The Labute approximate surface area is 106 Å². The summed E-state index contributed by atoms with van der Waals surface area (Å²) in [6.07, 6.45) is 1.91. The van der Waals surface area contributed by atoms with Gasteiger partial charge in [-0.05, 0) is 25.4 Å². The molecule has 0 saturated carbocycles. The van der Waals surface area contributed by atoms with Crippen LogP contribution >= 0.6 is 11.8 Å². The van der Waals surface area contributed by atoms with E-state index in [2.05, 4.69) is 5.32 Å². The van der Waals surface area contributed by atoms with Crippen LogP contribution in [-0.4, -0.2) is 39.9 Å². The van der Waals surface area contributed by atoms with Crippen LogP contribution in [0, 0.1) is 0 Å². The van der Waals surface area contributed by atoms with E-state index in [1.54, 1.807) is 33.4 Å². The summed E-state index contributed by atoms with van der Waals surface area (Å²) in [4.78, 5) is 12.7. The topological polar surface area (TPSA) is 47.6 Å². The van der Waals surface area contributed by atoms with Gasteiger partial charge < -0.3 is 14.8 Å². The number of benzene rings is 1. The van der Waals surface area contributed by atoms with E-state index in [4.69, 9.17) is 9.47 Å². The Kier molecular flexibility index (Phi) is 5.31. The van der Waals surface area contributed by atoms with E-state index in [-0.39, 0.29) is 5.78 Å². The van der Waals surface area contributed by atoms with Crippen LogP contribution in [0.1, 0.15) is 10.4 Å². The Morgan fingerprint density at radius 1 is 1.35 bits per heavy atom. The minimum Gasteiger partial charge on any atom is -0.493 e. The lowest BCUT2D eigenvalue weighted by Gasteiger charge is -2.14. The molecule has 0 unspecified atom stereocenters. The molecule has 17 heavy (non-hydrogen) atoms. The van der Waals surface area contributed by atoms with Gasteiger partial charge in [-0.15, -0.1) is 11.8 Å². The maximum absolute atomic E-state index is 11.9. The first-order valence-electron chi connectivity index (χ1n) is 5.16. The van der Waals surface area contributed by atoms with E-state index < -0.39 is 0 Å². The normalized spacial score (nSPS) is 10.1. The number of Topliss-reactive ketones (excluding diaryl/α,β-unsaturated/α-hetero) is 1. The SMILES string of the molecule is CNCC(=O)c1ccc(OC)c(OC)c1SC. The van der Waals surface area contributed by atoms with Crippen LogP contribution in [0.4, 0.5) is 0 Å². The quantitative estimate of drug-likeness (QED) is 0.620. The second-order valence-electron chi connectivity index (χ2n) is 3.34. The number of hydrogen-bond acceptors (Lipinski definition) is 5. The number of thioether (sulfide) groups is 1. The zero-order valence-corrected chi connectivity index (χ0v) is 11.3. The third-order valence-corrected chi connectivity index (χ3v) is 3.16. The Hall–Kier alpha value is -1.20. The highest BCUT2D eigenvalue weighted by molar-refractivity contribution is 7.98. The van der Waals surface area contributed by atoms with Gasteiger partial charge in [-0.1, -0.05) is 0 Å². The van der Waals surface area contributed by atoms with Crippen LogP contribution in [0.5, 0.6) is 11.5 Å². The van der Waals surface area contributed by atoms with Gasteiger partial charge >= 0.3 is 0 Å². The first kappa shape index (κ1) is 13.9. The Balaban J connectivity index is 3.27. The molecule has 0 amide bonds. The van der Waals surface area contributed by atoms with Crippen molar-refractivity contribution < 1.29 is 14.3 Å². The number of ketones is 1. The minimum absolute atomic E-state index is 0.0396. The van der Waals surface area contributed by atoms with Crippen LogP contribution < -0.4 is 14.8 Å². The molecule has 1 aromatic rings. The van der Waals surface area contributed by atoms with Crippen molar-refractivity contribution in [1.29, 1.82) is 0 Å². The van der Waals surface area contributed by atoms with Gasteiger partial charge in [0.05, 0.1) is 25.7 Å². The van der Waals surface area contributed by atoms with Crippen LogP contribution in [0.2, 0.25) is 0 Å². The van der Waals surface area contributed by atoms with E-state index in [0.29, 0.717) is 23.6 Å². The van der Waals surface area contributed by atoms with Crippen molar-refractivity contribution in [3.05, 3.63) is 17.7 Å². The molecule has 0 aliphatic carbocycles. The molecular weight excluding hydrogens is 238 g/mol. The average Bonchev–Trinajstić information content (AvgIpc) is 2.36. The van der Waals surface area contributed by atoms with Crippen molar-refractivity contribution in [3.8, 4) is 11.5 Å². The summed E-state index contributed by atoms with van der Waals surface area (Å²) in [5.41, 5.74) is 0.657. The van der Waals surface area contributed by atoms with E-state index in [9.17, 15) is 4.79 Å². The summed E-state index contributed by atoms with van der Waals surface area (Å²) >= 11 is 1.48. The highest BCUT2D eigenvalue weighted by Crippen LogP contribution is 2.39. The predicted molar refractivity (Wildman–Crippen MR) is 69.6 cm³/mol. The molecule has 1 aromatic carbocycles. The molecule has 0 aliphatic rings. The maximum Gasteiger partial charge on any atom is 0.177 e. The smallest absolute Gasteiger partial charge is 0.177 e. The van der Waals surface area contributed by atoms with Gasteiger partial charge in [0.1, 0.15) is 0 Å². The Morgan fingerprint density at radius 2 is 2.06 bits per heavy atom. The third-order valence-electron chi connectivity index (χ3n) is 2.34. The van der Waals surface area contributed by atoms with Crippen LogP contribution in [0.15, 0.2) is 17.0 Å². The largest absolute Gasteiger partial charge is 0.493 e. The monoisotopic (exact) mass is 255 g/mol. The van der Waals surface area contributed by atoms with Crippen molar-refractivity contribution in [2.24, 2.45) is 0 Å². The number of carbonyl (C=O) groups is 1. The molecule has 4 nitrogen and oxygen atoms in total. The number of nitrogens with one attached hydrogen (secondary N) is 1. The number of methoxy groups -OCH3 is 2. The highest BCUT2D eigenvalue weighted by atomic mass is 32.2. The van der Waals surface area contributed by atoms with Gasteiger partial charge in [0.25, 0.3) is 0 Å².